The average molecular weight is 355 g/mol. The number of amides is 2. The van der Waals surface area contributed by atoms with Gasteiger partial charge in [-0.15, -0.1) is 0 Å². The molecule has 2 rings (SSSR count). The molecule has 0 unspecified atom stereocenters. The molecule has 25 heavy (non-hydrogen) atoms. The van der Waals surface area contributed by atoms with Gasteiger partial charge in [-0.25, -0.2) is 0 Å². The van der Waals surface area contributed by atoms with Crippen LogP contribution in [0.3, 0.4) is 0 Å². The Morgan fingerprint density at radius 2 is 1.44 bits per heavy atom. The summed E-state index contributed by atoms with van der Waals surface area (Å²) in [6.45, 7) is 1.35. The molecular formula is C18H17N3O3S. The third-order valence-electron chi connectivity index (χ3n) is 3.12. The Morgan fingerprint density at radius 3 is 2.04 bits per heavy atom. The Labute approximate surface area is 150 Å². The van der Waals surface area contributed by atoms with Crippen molar-refractivity contribution in [2.75, 3.05) is 10.6 Å². The molecule has 0 saturated carbocycles. The Balaban J connectivity index is 2.02. The summed E-state index contributed by atoms with van der Waals surface area (Å²) in [6, 6.07) is 15.5. The molecule has 0 aliphatic rings. The summed E-state index contributed by atoms with van der Waals surface area (Å²) in [5.74, 6) is -0.981. The van der Waals surface area contributed by atoms with Gasteiger partial charge in [0.15, 0.2) is 5.11 Å². The van der Waals surface area contributed by atoms with Crippen molar-refractivity contribution in [1.82, 2.24) is 5.32 Å². The van der Waals surface area contributed by atoms with Crippen LogP contribution in [0.25, 0.3) is 0 Å². The molecule has 128 valence electrons. The van der Waals surface area contributed by atoms with Crippen LogP contribution in [0.1, 0.15) is 23.7 Å². The molecule has 0 aliphatic heterocycles. The molecule has 0 aromatic heterocycles. The molecule has 0 saturated heterocycles. The van der Waals surface area contributed by atoms with Crippen molar-refractivity contribution < 1.29 is 14.4 Å². The molecule has 0 spiro atoms. The maximum Gasteiger partial charge on any atom is 0.257 e. The maximum atomic E-state index is 12.1. The van der Waals surface area contributed by atoms with Gasteiger partial charge in [0.1, 0.15) is 5.78 Å². The summed E-state index contributed by atoms with van der Waals surface area (Å²) in [4.78, 5) is 34.9. The number of ketones is 1. The molecular weight excluding hydrogens is 338 g/mol. The van der Waals surface area contributed by atoms with Crippen molar-refractivity contribution in [3.05, 3.63) is 60.2 Å². The zero-order valence-corrected chi connectivity index (χ0v) is 14.4. The number of hydrogen-bond donors (Lipinski definition) is 3. The quantitative estimate of drug-likeness (QED) is 0.567. The summed E-state index contributed by atoms with van der Waals surface area (Å²) < 4.78 is 0. The zero-order valence-electron chi connectivity index (χ0n) is 13.5. The number of para-hydroxylation sites is 2. The predicted octanol–water partition coefficient (Wildman–Crippen LogP) is 2.73. The van der Waals surface area contributed by atoms with E-state index < -0.39 is 5.91 Å². The number of rotatable bonds is 5. The summed E-state index contributed by atoms with van der Waals surface area (Å²) in [7, 11) is 0. The molecule has 0 atom stereocenters. The highest BCUT2D eigenvalue weighted by atomic mass is 32.1. The second-order valence-corrected chi connectivity index (χ2v) is 5.66. The summed E-state index contributed by atoms with van der Waals surface area (Å²) >= 11 is 5.15. The van der Waals surface area contributed by atoms with Crippen LogP contribution in [0.4, 0.5) is 11.4 Å². The standard InChI is InChI=1S/C18H17N3O3S/c1-12(22)11-16(23)19-14-9-5-6-10-15(14)20-18(25)21-17(24)13-7-3-2-4-8-13/h2-10H,11H2,1H3,(H,19,23)(H2,20,21,24,25). The van der Waals surface area contributed by atoms with Gasteiger partial charge >= 0.3 is 0 Å². The van der Waals surface area contributed by atoms with Gasteiger partial charge in [0.05, 0.1) is 17.8 Å². The second-order valence-electron chi connectivity index (χ2n) is 5.25. The van der Waals surface area contributed by atoms with Crippen LogP contribution < -0.4 is 16.0 Å². The second kappa shape index (κ2) is 8.70. The highest BCUT2D eigenvalue weighted by molar-refractivity contribution is 7.80. The number of thiocarbonyl (C=S) groups is 1. The molecule has 0 bridgehead atoms. The van der Waals surface area contributed by atoms with Crippen LogP contribution in [0, 0.1) is 0 Å². The third kappa shape index (κ3) is 5.82. The van der Waals surface area contributed by atoms with Crippen LogP contribution in [-0.2, 0) is 9.59 Å². The van der Waals surface area contributed by atoms with E-state index in [2.05, 4.69) is 16.0 Å². The Bertz CT molecular complexity index is 806. The van der Waals surface area contributed by atoms with E-state index in [1.807, 2.05) is 6.07 Å². The fourth-order valence-electron chi connectivity index (χ4n) is 2.04. The Kier molecular flexibility index (Phi) is 6.36. The molecule has 2 aromatic rings. The number of nitrogens with one attached hydrogen (secondary N) is 3. The lowest BCUT2D eigenvalue weighted by Crippen LogP contribution is -2.34. The molecule has 0 radical (unpaired) electrons. The number of hydrogen-bond acceptors (Lipinski definition) is 4. The highest BCUT2D eigenvalue weighted by Crippen LogP contribution is 2.21. The minimum absolute atomic E-state index is 0.0992. The average Bonchev–Trinajstić information content (AvgIpc) is 2.56. The zero-order chi connectivity index (χ0) is 18.2. The molecule has 7 heteroatoms. The van der Waals surface area contributed by atoms with Gasteiger partial charge in [-0.05, 0) is 43.4 Å². The summed E-state index contributed by atoms with van der Waals surface area (Å²) in [6.07, 6.45) is -0.205. The maximum absolute atomic E-state index is 12.1. The lowest BCUT2D eigenvalue weighted by molar-refractivity contribution is -0.124. The van der Waals surface area contributed by atoms with Crippen molar-refractivity contribution in [2.24, 2.45) is 0 Å². The molecule has 6 nitrogen and oxygen atoms in total. The van der Waals surface area contributed by atoms with Crippen LogP contribution in [0.15, 0.2) is 54.6 Å². The highest BCUT2D eigenvalue weighted by Gasteiger charge is 2.11. The topological polar surface area (TPSA) is 87.3 Å². The number of Topliss-reactive ketones (excluding diaryl/α,β-unsaturated/α-hetero) is 1. The minimum Gasteiger partial charge on any atom is -0.331 e. The lowest BCUT2D eigenvalue weighted by atomic mass is 10.2. The van der Waals surface area contributed by atoms with Crippen molar-refractivity contribution >= 4 is 46.3 Å². The fraction of sp³-hybridized carbons (Fsp3) is 0.111. The Morgan fingerprint density at radius 1 is 0.880 bits per heavy atom. The van der Waals surface area contributed by atoms with Gasteiger partial charge in [-0.3, -0.25) is 19.7 Å². The Hall–Kier alpha value is -3.06. The molecule has 0 aliphatic carbocycles. The smallest absolute Gasteiger partial charge is 0.257 e. The van der Waals surface area contributed by atoms with E-state index >= 15 is 0 Å². The van der Waals surface area contributed by atoms with Crippen LogP contribution in [0.5, 0.6) is 0 Å². The first-order valence-electron chi connectivity index (χ1n) is 7.51. The van der Waals surface area contributed by atoms with Gasteiger partial charge in [-0.2, -0.15) is 0 Å². The van der Waals surface area contributed by atoms with Crippen molar-refractivity contribution in [2.45, 2.75) is 13.3 Å². The van der Waals surface area contributed by atoms with E-state index in [1.165, 1.54) is 6.92 Å². The third-order valence-corrected chi connectivity index (χ3v) is 3.33. The van der Waals surface area contributed by atoms with Crippen LogP contribution in [0.2, 0.25) is 0 Å². The number of carbonyl (C=O) groups is 3. The van der Waals surface area contributed by atoms with E-state index in [1.54, 1.807) is 48.5 Å². The van der Waals surface area contributed by atoms with Gasteiger partial charge < -0.3 is 10.6 Å². The molecule has 3 N–H and O–H groups in total. The minimum atomic E-state index is -0.416. The van der Waals surface area contributed by atoms with Crippen LogP contribution >= 0.6 is 12.2 Å². The fourth-order valence-corrected chi connectivity index (χ4v) is 2.24. The summed E-state index contributed by atoms with van der Waals surface area (Å²) in [5.41, 5.74) is 1.46. The van der Waals surface area contributed by atoms with Crippen molar-refractivity contribution in [1.29, 1.82) is 0 Å². The van der Waals surface area contributed by atoms with Gasteiger partial charge in [0.2, 0.25) is 5.91 Å². The van der Waals surface area contributed by atoms with Gasteiger partial charge in [-0.1, -0.05) is 30.3 Å². The summed E-state index contributed by atoms with van der Waals surface area (Å²) in [5, 5.41) is 8.18. The van der Waals surface area contributed by atoms with E-state index in [4.69, 9.17) is 12.2 Å². The predicted molar refractivity (Wildman–Crippen MR) is 100 cm³/mol. The monoisotopic (exact) mass is 355 g/mol. The SMILES string of the molecule is CC(=O)CC(=O)Nc1ccccc1NC(=S)NC(=O)c1ccccc1. The number of benzene rings is 2. The van der Waals surface area contributed by atoms with Crippen LogP contribution in [-0.4, -0.2) is 22.7 Å². The molecule has 2 aromatic carbocycles. The van der Waals surface area contributed by atoms with E-state index in [0.717, 1.165) is 0 Å². The lowest BCUT2D eigenvalue weighted by Gasteiger charge is -2.14. The first kappa shape index (κ1) is 18.3. The van der Waals surface area contributed by atoms with Crippen molar-refractivity contribution in [3.63, 3.8) is 0 Å². The van der Waals surface area contributed by atoms with E-state index in [9.17, 15) is 14.4 Å². The first-order chi connectivity index (χ1) is 12.0. The molecule has 0 heterocycles. The number of carbonyl (C=O) groups excluding carboxylic acids is 3. The van der Waals surface area contributed by atoms with E-state index in [0.29, 0.717) is 16.9 Å². The van der Waals surface area contributed by atoms with Gasteiger partial charge in [0, 0.05) is 5.56 Å². The van der Waals surface area contributed by atoms with E-state index in [-0.39, 0.29) is 23.2 Å². The number of anilines is 2. The van der Waals surface area contributed by atoms with Gasteiger partial charge in [0.25, 0.3) is 5.91 Å². The molecule has 2 amide bonds. The largest absolute Gasteiger partial charge is 0.331 e. The van der Waals surface area contributed by atoms with Crippen molar-refractivity contribution in [3.8, 4) is 0 Å². The normalized spacial score (nSPS) is 9.80. The molecule has 0 fully saturated rings. The first-order valence-corrected chi connectivity index (χ1v) is 7.92.